The highest BCUT2D eigenvalue weighted by molar-refractivity contribution is 6.56. The van der Waals surface area contributed by atoms with Crippen molar-refractivity contribution in [3.8, 4) is 5.75 Å². The molecule has 33 heavy (non-hydrogen) atoms. The van der Waals surface area contributed by atoms with Crippen LogP contribution < -0.4 is 10.1 Å². The van der Waals surface area contributed by atoms with Gasteiger partial charge in [0, 0.05) is 12.1 Å². The highest BCUT2D eigenvalue weighted by Gasteiger charge is 2.52. The summed E-state index contributed by atoms with van der Waals surface area (Å²) >= 11 is 0. The van der Waals surface area contributed by atoms with Crippen molar-refractivity contribution in [2.45, 2.75) is 52.1 Å². The molecule has 1 aliphatic rings. The van der Waals surface area contributed by atoms with E-state index in [2.05, 4.69) is 5.32 Å². The Hall–Kier alpha value is -2.81. The second-order valence-electron chi connectivity index (χ2n) is 8.96. The Kier molecular flexibility index (Phi) is 7.84. The molecule has 1 fully saturated rings. The Labute approximate surface area is 195 Å². The lowest BCUT2D eigenvalue weighted by Crippen LogP contribution is -2.41. The van der Waals surface area contributed by atoms with Crippen LogP contribution in [0, 0.1) is 0 Å². The Morgan fingerprint density at radius 1 is 1.06 bits per heavy atom. The zero-order chi connectivity index (χ0) is 24.1. The number of aliphatic hydroxyl groups excluding tert-OH is 1. The molecular formula is C25H32BNO6. The average Bonchev–Trinajstić information content (AvgIpc) is 3.02. The van der Waals surface area contributed by atoms with E-state index >= 15 is 0 Å². The van der Waals surface area contributed by atoms with E-state index in [-0.39, 0.29) is 19.8 Å². The van der Waals surface area contributed by atoms with Crippen LogP contribution in [-0.2, 0) is 27.3 Å². The van der Waals surface area contributed by atoms with Crippen LogP contribution in [0.2, 0.25) is 0 Å². The highest BCUT2D eigenvalue weighted by Crippen LogP contribution is 2.39. The van der Waals surface area contributed by atoms with Crippen molar-refractivity contribution in [1.82, 2.24) is 5.32 Å². The van der Waals surface area contributed by atoms with E-state index in [9.17, 15) is 9.90 Å². The number of aliphatic hydroxyl groups is 1. The van der Waals surface area contributed by atoms with Crippen LogP contribution in [-0.4, -0.2) is 43.2 Å². The number of nitrogens with one attached hydrogen (secondary N) is 1. The highest BCUT2D eigenvalue weighted by atomic mass is 16.7. The van der Waals surface area contributed by atoms with Crippen molar-refractivity contribution in [1.29, 1.82) is 0 Å². The molecule has 1 amide bonds. The fourth-order valence-electron chi connectivity index (χ4n) is 3.34. The van der Waals surface area contributed by atoms with Crippen molar-refractivity contribution < 1.29 is 28.7 Å². The molecule has 0 radical (unpaired) electrons. The van der Waals surface area contributed by atoms with Crippen LogP contribution in [0.4, 0.5) is 4.79 Å². The molecule has 176 valence electrons. The fraction of sp³-hybridized carbons (Fsp3) is 0.400. The summed E-state index contributed by atoms with van der Waals surface area (Å²) in [7, 11) is 0.908. The van der Waals surface area contributed by atoms with Crippen molar-refractivity contribution in [3.05, 3.63) is 70.7 Å². The minimum absolute atomic E-state index is 0.0965. The van der Waals surface area contributed by atoms with E-state index in [1.54, 1.807) is 19.2 Å². The Bertz CT molecular complexity index is 974. The van der Waals surface area contributed by atoms with Crippen molar-refractivity contribution in [2.24, 2.45) is 0 Å². The Morgan fingerprint density at radius 2 is 1.73 bits per heavy atom. The van der Waals surface area contributed by atoms with Gasteiger partial charge in [-0.3, -0.25) is 0 Å². The summed E-state index contributed by atoms with van der Waals surface area (Å²) in [6.45, 7) is 8.11. The van der Waals surface area contributed by atoms with Gasteiger partial charge in [-0.25, -0.2) is 4.79 Å². The standard InChI is InChI=1S/C25H32BNO6/c1-24(2)25(3,4)33-26(32-24)21(14-20-13-19(16-28)11-12-22(20)30-5)15-27-23(29)31-17-18-9-7-6-8-10-18/h6-14,28H,15-17H2,1-5H3,(H,27,29). The number of amides is 1. The molecule has 8 heteroatoms. The molecule has 1 heterocycles. The Morgan fingerprint density at radius 3 is 2.33 bits per heavy atom. The first-order valence-corrected chi connectivity index (χ1v) is 10.9. The second-order valence-corrected chi connectivity index (χ2v) is 8.96. The summed E-state index contributed by atoms with van der Waals surface area (Å²) in [4.78, 5) is 12.4. The van der Waals surface area contributed by atoms with Crippen LogP contribution >= 0.6 is 0 Å². The zero-order valence-electron chi connectivity index (χ0n) is 19.9. The van der Waals surface area contributed by atoms with Crippen molar-refractivity contribution in [3.63, 3.8) is 0 Å². The van der Waals surface area contributed by atoms with E-state index in [1.165, 1.54) is 0 Å². The molecule has 2 N–H and O–H groups in total. The minimum atomic E-state index is -0.674. The second kappa shape index (κ2) is 10.4. The third-order valence-corrected chi connectivity index (χ3v) is 6.02. The van der Waals surface area contributed by atoms with Crippen LogP contribution in [0.15, 0.2) is 54.0 Å². The first kappa shape index (κ1) is 24.8. The third kappa shape index (κ3) is 6.16. The van der Waals surface area contributed by atoms with E-state index in [1.807, 2.05) is 70.2 Å². The van der Waals surface area contributed by atoms with Gasteiger partial charge < -0.3 is 29.2 Å². The van der Waals surface area contributed by atoms with Crippen molar-refractivity contribution in [2.75, 3.05) is 13.7 Å². The van der Waals surface area contributed by atoms with E-state index in [0.717, 1.165) is 16.7 Å². The molecule has 2 aromatic carbocycles. The van der Waals surface area contributed by atoms with E-state index in [0.29, 0.717) is 11.2 Å². The number of rotatable bonds is 8. The Balaban J connectivity index is 1.81. The topological polar surface area (TPSA) is 86.3 Å². The number of benzene rings is 2. The summed E-state index contributed by atoms with van der Waals surface area (Å²) in [5.41, 5.74) is 2.00. The lowest BCUT2D eigenvalue weighted by molar-refractivity contribution is 0.00578. The minimum Gasteiger partial charge on any atom is -0.496 e. The first-order valence-electron chi connectivity index (χ1n) is 10.9. The number of hydrogen-bond acceptors (Lipinski definition) is 6. The van der Waals surface area contributed by atoms with Gasteiger partial charge in [0.15, 0.2) is 0 Å². The molecule has 0 bridgehead atoms. The monoisotopic (exact) mass is 453 g/mol. The van der Waals surface area contributed by atoms with Gasteiger partial charge in [-0.2, -0.15) is 0 Å². The van der Waals surface area contributed by atoms with Gasteiger partial charge in [-0.15, -0.1) is 0 Å². The zero-order valence-corrected chi connectivity index (χ0v) is 19.9. The van der Waals surface area contributed by atoms with Gasteiger partial charge in [-0.05, 0) is 56.4 Å². The van der Waals surface area contributed by atoms with Crippen LogP contribution in [0.5, 0.6) is 5.75 Å². The van der Waals surface area contributed by atoms with Gasteiger partial charge >= 0.3 is 13.2 Å². The van der Waals surface area contributed by atoms with Gasteiger partial charge in [-0.1, -0.05) is 42.5 Å². The van der Waals surface area contributed by atoms with Gasteiger partial charge in [0.1, 0.15) is 12.4 Å². The summed E-state index contributed by atoms with van der Waals surface area (Å²) in [6.07, 6.45) is 1.31. The fourth-order valence-corrected chi connectivity index (χ4v) is 3.34. The van der Waals surface area contributed by atoms with Crippen LogP contribution in [0.1, 0.15) is 44.4 Å². The van der Waals surface area contributed by atoms with Gasteiger partial charge in [0.25, 0.3) is 0 Å². The smallest absolute Gasteiger partial charge is 0.492 e. The molecule has 2 aromatic rings. The number of methoxy groups -OCH3 is 1. The van der Waals surface area contributed by atoms with E-state index < -0.39 is 24.4 Å². The number of hydrogen-bond donors (Lipinski definition) is 2. The molecule has 0 aromatic heterocycles. The molecule has 0 unspecified atom stereocenters. The predicted octanol–water partition coefficient (Wildman–Crippen LogP) is 4.13. The lowest BCUT2D eigenvalue weighted by Gasteiger charge is -2.32. The normalized spacial score (nSPS) is 17.0. The van der Waals surface area contributed by atoms with Gasteiger partial charge in [0.2, 0.25) is 0 Å². The summed E-state index contributed by atoms with van der Waals surface area (Å²) in [6, 6.07) is 14.9. The molecule has 0 spiro atoms. The lowest BCUT2D eigenvalue weighted by atomic mass is 9.77. The largest absolute Gasteiger partial charge is 0.496 e. The van der Waals surface area contributed by atoms with Crippen LogP contribution in [0.25, 0.3) is 6.08 Å². The summed E-state index contributed by atoms with van der Waals surface area (Å²) < 4.78 is 23.3. The van der Waals surface area contributed by atoms with E-state index in [4.69, 9.17) is 18.8 Å². The molecule has 0 atom stereocenters. The number of carbonyl (C=O) groups excluding carboxylic acids is 1. The number of ether oxygens (including phenoxy) is 2. The summed E-state index contributed by atoms with van der Waals surface area (Å²) in [5.74, 6) is 0.632. The van der Waals surface area contributed by atoms with Gasteiger partial charge in [0.05, 0.1) is 24.9 Å². The quantitative estimate of drug-likeness (QED) is 0.585. The molecule has 0 saturated carbocycles. The number of carbonyl (C=O) groups is 1. The molecule has 0 aliphatic carbocycles. The maximum absolute atomic E-state index is 12.4. The number of alkyl carbamates (subject to hydrolysis) is 1. The molecule has 3 rings (SSSR count). The predicted molar refractivity (Wildman–Crippen MR) is 128 cm³/mol. The van der Waals surface area contributed by atoms with Crippen LogP contribution in [0.3, 0.4) is 0 Å². The maximum atomic E-state index is 12.4. The third-order valence-electron chi connectivity index (χ3n) is 6.02. The maximum Gasteiger partial charge on any atom is 0.492 e. The average molecular weight is 453 g/mol. The molecule has 7 nitrogen and oxygen atoms in total. The molecule has 1 saturated heterocycles. The molecule has 1 aliphatic heterocycles. The summed E-state index contributed by atoms with van der Waals surface area (Å²) in [5, 5.41) is 12.3. The molecular weight excluding hydrogens is 421 g/mol. The first-order chi connectivity index (χ1) is 15.6. The van der Waals surface area contributed by atoms with Crippen molar-refractivity contribution >= 4 is 19.3 Å². The SMILES string of the molecule is COc1ccc(CO)cc1C=C(CNC(=O)OCc1ccccc1)B1OC(C)(C)C(C)(C)O1.